The average Bonchev–Trinajstić information content (AvgIpc) is 2.66. The molecule has 0 heterocycles. The minimum absolute atomic E-state index is 0.0543. The van der Waals surface area contributed by atoms with E-state index in [0.29, 0.717) is 19.2 Å². The summed E-state index contributed by atoms with van der Waals surface area (Å²) in [5.41, 5.74) is 0. The van der Waals surface area contributed by atoms with E-state index in [2.05, 4.69) is 17.2 Å². The van der Waals surface area contributed by atoms with Crippen molar-refractivity contribution in [2.24, 2.45) is 0 Å². The van der Waals surface area contributed by atoms with Crippen molar-refractivity contribution >= 4 is 5.91 Å². The molecule has 1 saturated carbocycles. The van der Waals surface area contributed by atoms with Gasteiger partial charge < -0.3 is 15.4 Å². The molecule has 1 rings (SSSR count). The van der Waals surface area contributed by atoms with Crippen molar-refractivity contribution in [2.75, 3.05) is 20.2 Å². The molecule has 15 heavy (non-hydrogen) atoms. The zero-order valence-corrected chi connectivity index (χ0v) is 9.29. The van der Waals surface area contributed by atoms with Gasteiger partial charge in [-0.25, -0.2) is 0 Å². The zero-order valence-electron chi connectivity index (χ0n) is 9.29. The highest BCUT2D eigenvalue weighted by Gasteiger charge is 2.25. The van der Waals surface area contributed by atoms with Crippen LogP contribution in [0.2, 0.25) is 0 Å². The molecule has 4 heteroatoms. The molecule has 1 fully saturated rings. The van der Waals surface area contributed by atoms with Crippen LogP contribution in [0.3, 0.4) is 0 Å². The second-order valence-corrected chi connectivity index (χ2v) is 3.85. The molecule has 0 saturated heterocycles. The van der Waals surface area contributed by atoms with Gasteiger partial charge in [0.05, 0.1) is 12.6 Å². The fourth-order valence-corrected chi connectivity index (χ4v) is 1.85. The van der Waals surface area contributed by atoms with Gasteiger partial charge in [-0.3, -0.25) is 4.79 Å². The molecular formula is C11H20N2O2. The van der Waals surface area contributed by atoms with E-state index < -0.39 is 0 Å². The van der Waals surface area contributed by atoms with E-state index in [1.807, 2.05) is 0 Å². The van der Waals surface area contributed by atoms with E-state index in [4.69, 9.17) is 4.74 Å². The van der Waals surface area contributed by atoms with Crippen molar-refractivity contribution in [1.82, 2.24) is 10.6 Å². The number of hydrogen-bond donors (Lipinski definition) is 2. The van der Waals surface area contributed by atoms with Crippen LogP contribution in [0.1, 0.15) is 19.3 Å². The van der Waals surface area contributed by atoms with Crippen molar-refractivity contribution in [2.45, 2.75) is 31.4 Å². The third-order valence-corrected chi connectivity index (χ3v) is 2.66. The predicted octanol–water partition coefficient (Wildman–Crippen LogP) is 0.446. The van der Waals surface area contributed by atoms with Gasteiger partial charge in [0.15, 0.2) is 0 Å². The number of ether oxygens (including phenoxy) is 1. The molecule has 1 aliphatic rings. The standard InChI is InChI=1S/C11H20N2O2/c1-3-6-12-8-11(14)13-9-4-5-10(7-9)15-2/h3,9-10,12H,1,4-8H2,2H3,(H,13,14). The van der Waals surface area contributed by atoms with Crippen molar-refractivity contribution < 1.29 is 9.53 Å². The third kappa shape index (κ3) is 4.44. The van der Waals surface area contributed by atoms with E-state index in [-0.39, 0.29) is 11.9 Å². The Balaban J connectivity index is 2.13. The van der Waals surface area contributed by atoms with Crippen LogP contribution in [0, 0.1) is 0 Å². The van der Waals surface area contributed by atoms with Crippen LogP contribution in [0.25, 0.3) is 0 Å². The Morgan fingerprint density at radius 3 is 3.00 bits per heavy atom. The van der Waals surface area contributed by atoms with Crippen LogP contribution < -0.4 is 10.6 Å². The third-order valence-electron chi connectivity index (χ3n) is 2.66. The van der Waals surface area contributed by atoms with Crippen LogP contribution in [0.15, 0.2) is 12.7 Å². The van der Waals surface area contributed by atoms with Gasteiger partial charge in [0, 0.05) is 19.7 Å². The first-order chi connectivity index (χ1) is 7.26. The normalized spacial score (nSPS) is 25.1. The lowest BCUT2D eigenvalue weighted by Crippen LogP contribution is -2.39. The minimum Gasteiger partial charge on any atom is -0.381 e. The average molecular weight is 212 g/mol. The molecule has 2 N–H and O–H groups in total. The minimum atomic E-state index is 0.0543. The van der Waals surface area contributed by atoms with Gasteiger partial charge in [0.1, 0.15) is 0 Å². The van der Waals surface area contributed by atoms with E-state index in [9.17, 15) is 4.79 Å². The van der Waals surface area contributed by atoms with Gasteiger partial charge in [0.2, 0.25) is 5.91 Å². The molecule has 1 aliphatic carbocycles. The first-order valence-electron chi connectivity index (χ1n) is 5.40. The molecule has 0 aromatic rings. The number of hydrogen-bond acceptors (Lipinski definition) is 3. The van der Waals surface area contributed by atoms with Crippen molar-refractivity contribution in [3.63, 3.8) is 0 Å². The number of carbonyl (C=O) groups excluding carboxylic acids is 1. The molecule has 4 nitrogen and oxygen atoms in total. The Morgan fingerprint density at radius 2 is 2.40 bits per heavy atom. The van der Waals surface area contributed by atoms with Gasteiger partial charge in [-0.05, 0) is 19.3 Å². The summed E-state index contributed by atoms with van der Waals surface area (Å²) < 4.78 is 5.24. The summed E-state index contributed by atoms with van der Waals surface area (Å²) in [5, 5.41) is 5.96. The SMILES string of the molecule is C=CCNCC(=O)NC1CCC(OC)C1. The molecule has 0 aromatic carbocycles. The second kappa shape index (κ2) is 6.58. The summed E-state index contributed by atoms with van der Waals surface area (Å²) in [6.07, 6.45) is 5.05. The van der Waals surface area contributed by atoms with Crippen LogP contribution in [0.5, 0.6) is 0 Å². The summed E-state index contributed by atoms with van der Waals surface area (Å²) in [6.45, 7) is 4.60. The lowest BCUT2D eigenvalue weighted by atomic mass is 10.2. The summed E-state index contributed by atoms with van der Waals surface area (Å²) in [5.74, 6) is 0.0543. The van der Waals surface area contributed by atoms with Gasteiger partial charge >= 0.3 is 0 Å². The largest absolute Gasteiger partial charge is 0.381 e. The number of amides is 1. The van der Waals surface area contributed by atoms with Gasteiger partial charge in [0.25, 0.3) is 0 Å². The quantitative estimate of drug-likeness (QED) is 0.496. The highest BCUT2D eigenvalue weighted by molar-refractivity contribution is 5.78. The van der Waals surface area contributed by atoms with E-state index in [0.717, 1.165) is 19.3 Å². The molecular weight excluding hydrogens is 192 g/mol. The van der Waals surface area contributed by atoms with E-state index in [1.54, 1.807) is 13.2 Å². The fraction of sp³-hybridized carbons (Fsp3) is 0.727. The number of carbonyl (C=O) groups is 1. The lowest BCUT2D eigenvalue weighted by Gasteiger charge is -2.12. The molecule has 0 bridgehead atoms. The maximum Gasteiger partial charge on any atom is 0.234 e. The van der Waals surface area contributed by atoms with Crippen LogP contribution >= 0.6 is 0 Å². The van der Waals surface area contributed by atoms with Crippen LogP contribution in [0.4, 0.5) is 0 Å². The van der Waals surface area contributed by atoms with E-state index >= 15 is 0 Å². The van der Waals surface area contributed by atoms with Gasteiger partial charge in [-0.2, -0.15) is 0 Å². The lowest BCUT2D eigenvalue weighted by molar-refractivity contribution is -0.120. The van der Waals surface area contributed by atoms with Crippen LogP contribution in [-0.4, -0.2) is 38.3 Å². The zero-order chi connectivity index (χ0) is 11.1. The van der Waals surface area contributed by atoms with Gasteiger partial charge in [-0.1, -0.05) is 6.08 Å². The summed E-state index contributed by atoms with van der Waals surface area (Å²) >= 11 is 0. The molecule has 0 spiro atoms. The Kier molecular flexibility index (Phi) is 5.36. The van der Waals surface area contributed by atoms with Gasteiger partial charge in [-0.15, -0.1) is 6.58 Å². The van der Waals surface area contributed by atoms with Crippen molar-refractivity contribution in [3.8, 4) is 0 Å². The first kappa shape index (κ1) is 12.2. The molecule has 0 aliphatic heterocycles. The molecule has 2 unspecified atom stereocenters. The first-order valence-corrected chi connectivity index (χ1v) is 5.40. The maximum absolute atomic E-state index is 11.4. The Morgan fingerprint density at radius 1 is 1.60 bits per heavy atom. The molecule has 1 amide bonds. The Labute approximate surface area is 91.1 Å². The predicted molar refractivity (Wildman–Crippen MR) is 59.6 cm³/mol. The highest BCUT2D eigenvalue weighted by atomic mass is 16.5. The number of rotatable bonds is 6. The summed E-state index contributed by atoms with van der Waals surface area (Å²) in [4.78, 5) is 11.4. The second-order valence-electron chi connectivity index (χ2n) is 3.85. The maximum atomic E-state index is 11.4. The van der Waals surface area contributed by atoms with E-state index in [1.165, 1.54) is 0 Å². The smallest absolute Gasteiger partial charge is 0.234 e. The summed E-state index contributed by atoms with van der Waals surface area (Å²) in [7, 11) is 1.72. The highest BCUT2D eigenvalue weighted by Crippen LogP contribution is 2.21. The molecule has 2 atom stereocenters. The number of nitrogens with one attached hydrogen (secondary N) is 2. The topological polar surface area (TPSA) is 50.4 Å². The monoisotopic (exact) mass is 212 g/mol. The molecule has 86 valence electrons. The Hall–Kier alpha value is -0.870. The Bertz CT molecular complexity index is 219. The number of methoxy groups -OCH3 is 1. The summed E-state index contributed by atoms with van der Waals surface area (Å²) in [6, 6.07) is 0.285. The fourth-order valence-electron chi connectivity index (χ4n) is 1.85. The van der Waals surface area contributed by atoms with Crippen LogP contribution in [-0.2, 0) is 9.53 Å². The van der Waals surface area contributed by atoms with Crippen molar-refractivity contribution in [1.29, 1.82) is 0 Å². The molecule has 0 aromatic heterocycles. The van der Waals surface area contributed by atoms with Crippen molar-refractivity contribution in [3.05, 3.63) is 12.7 Å². The molecule has 0 radical (unpaired) electrons.